The van der Waals surface area contributed by atoms with Crippen LogP contribution in [0.5, 0.6) is 11.5 Å². The summed E-state index contributed by atoms with van der Waals surface area (Å²) in [5.41, 5.74) is 1.60. The van der Waals surface area contributed by atoms with Crippen LogP contribution in [0.25, 0.3) is 11.4 Å². The van der Waals surface area contributed by atoms with E-state index in [0.717, 1.165) is 5.56 Å². The summed E-state index contributed by atoms with van der Waals surface area (Å²) < 4.78 is 16.4. The van der Waals surface area contributed by atoms with Crippen LogP contribution < -0.4 is 14.8 Å². The fraction of sp³-hybridized carbons (Fsp3) is 0.316. The molecule has 28 heavy (non-hydrogen) atoms. The molecule has 1 N–H and O–H groups in total. The second-order valence-corrected chi connectivity index (χ2v) is 7.01. The molecule has 0 saturated carbocycles. The van der Waals surface area contributed by atoms with Gasteiger partial charge in [0, 0.05) is 22.7 Å². The molecular formula is C19H20N4O4S. The van der Waals surface area contributed by atoms with Gasteiger partial charge >= 0.3 is 0 Å². The van der Waals surface area contributed by atoms with Crippen LogP contribution in [0, 0.1) is 0 Å². The Bertz CT molecular complexity index is 941. The molecule has 8 nitrogen and oxygen atoms in total. The third-order valence-electron chi connectivity index (χ3n) is 4.25. The van der Waals surface area contributed by atoms with Crippen molar-refractivity contribution < 1.29 is 18.8 Å². The topological polar surface area (TPSA) is 89.7 Å². The number of nitrogens with one attached hydrogen (secondary N) is 1. The molecule has 1 aliphatic heterocycles. The summed E-state index contributed by atoms with van der Waals surface area (Å²) in [6.45, 7) is 4.31. The van der Waals surface area contributed by atoms with E-state index in [4.69, 9.17) is 14.0 Å². The highest BCUT2D eigenvalue weighted by Crippen LogP contribution is 2.32. The summed E-state index contributed by atoms with van der Waals surface area (Å²) in [4.78, 5) is 18.8. The van der Waals surface area contributed by atoms with Gasteiger partial charge in [0.25, 0.3) is 0 Å². The first-order valence-electron chi connectivity index (χ1n) is 8.98. The van der Waals surface area contributed by atoms with Crippen LogP contribution in [0.1, 0.15) is 12.8 Å². The molecule has 0 aliphatic carbocycles. The Kier molecular flexibility index (Phi) is 5.54. The van der Waals surface area contributed by atoms with Gasteiger partial charge in [-0.1, -0.05) is 12.1 Å². The van der Waals surface area contributed by atoms with Crippen LogP contribution in [0.4, 0.5) is 5.69 Å². The highest BCUT2D eigenvalue weighted by Gasteiger charge is 2.16. The average molecular weight is 400 g/mol. The van der Waals surface area contributed by atoms with Crippen molar-refractivity contribution in [2.75, 3.05) is 31.6 Å². The van der Waals surface area contributed by atoms with E-state index < -0.39 is 0 Å². The van der Waals surface area contributed by atoms with E-state index in [0.29, 0.717) is 55.2 Å². The minimum Gasteiger partial charge on any atom is -0.486 e. The van der Waals surface area contributed by atoms with Crippen molar-refractivity contribution in [2.24, 2.45) is 0 Å². The molecule has 0 bridgehead atoms. The molecular weight excluding hydrogens is 380 g/mol. The van der Waals surface area contributed by atoms with Crippen molar-refractivity contribution in [2.45, 2.75) is 13.5 Å². The smallest absolute Gasteiger partial charge is 0.241 e. The summed E-state index contributed by atoms with van der Waals surface area (Å²) in [6, 6.07) is 7.31. The lowest BCUT2D eigenvalue weighted by Gasteiger charge is -2.20. The Morgan fingerprint density at radius 2 is 2.11 bits per heavy atom. The van der Waals surface area contributed by atoms with Crippen LogP contribution in [-0.4, -0.2) is 47.3 Å². The number of hydrogen-bond acceptors (Lipinski definition) is 8. The number of amides is 1. The molecule has 0 atom stereocenters. The van der Waals surface area contributed by atoms with E-state index >= 15 is 0 Å². The first kappa shape index (κ1) is 18.5. The van der Waals surface area contributed by atoms with Crippen molar-refractivity contribution in [3.05, 3.63) is 40.9 Å². The van der Waals surface area contributed by atoms with Gasteiger partial charge in [-0.3, -0.25) is 9.69 Å². The Labute approximate surface area is 166 Å². The number of hydrogen-bond donors (Lipinski definition) is 1. The fourth-order valence-corrected chi connectivity index (χ4v) is 3.46. The molecule has 1 aromatic carbocycles. The summed E-state index contributed by atoms with van der Waals surface area (Å²) >= 11 is 1.58. The van der Waals surface area contributed by atoms with Gasteiger partial charge in [0.2, 0.25) is 17.6 Å². The summed E-state index contributed by atoms with van der Waals surface area (Å²) in [5.74, 6) is 2.25. The Morgan fingerprint density at radius 1 is 1.25 bits per heavy atom. The lowest BCUT2D eigenvalue weighted by molar-refractivity contribution is -0.117. The highest BCUT2D eigenvalue weighted by molar-refractivity contribution is 7.08. The zero-order chi connectivity index (χ0) is 19.3. The number of rotatable bonds is 7. The molecule has 3 aromatic rings. The minimum absolute atomic E-state index is 0.129. The molecule has 0 fully saturated rings. The Balaban J connectivity index is 1.35. The quantitative estimate of drug-likeness (QED) is 0.652. The van der Waals surface area contributed by atoms with E-state index in [1.807, 2.05) is 28.7 Å². The maximum atomic E-state index is 12.4. The summed E-state index contributed by atoms with van der Waals surface area (Å²) in [7, 11) is 0. The second-order valence-electron chi connectivity index (χ2n) is 6.23. The van der Waals surface area contributed by atoms with Crippen molar-refractivity contribution in [1.82, 2.24) is 15.0 Å². The number of fused-ring (bicyclic) bond motifs is 1. The molecule has 146 valence electrons. The molecule has 3 heterocycles. The molecule has 1 amide bonds. The molecule has 0 spiro atoms. The average Bonchev–Trinajstić information content (AvgIpc) is 3.39. The molecule has 0 radical (unpaired) electrons. The summed E-state index contributed by atoms with van der Waals surface area (Å²) in [6.07, 6.45) is 0. The minimum atomic E-state index is -0.129. The van der Waals surface area contributed by atoms with Gasteiger partial charge in [-0.2, -0.15) is 16.3 Å². The normalized spacial score (nSPS) is 12.9. The number of carbonyl (C=O) groups is 1. The molecule has 1 aliphatic rings. The number of benzene rings is 1. The zero-order valence-corrected chi connectivity index (χ0v) is 16.2. The van der Waals surface area contributed by atoms with Crippen LogP contribution in [0.2, 0.25) is 0 Å². The van der Waals surface area contributed by atoms with Crippen molar-refractivity contribution in [1.29, 1.82) is 0 Å². The number of nitrogens with zero attached hydrogens (tertiary/aromatic N) is 3. The predicted molar refractivity (Wildman–Crippen MR) is 105 cm³/mol. The van der Waals surface area contributed by atoms with Gasteiger partial charge in [0.15, 0.2) is 11.5 Å². The lowest BCUT2D eigenvalue weighted by atomic mass is 10.2. The SMILES string of the molecule is CCN(CC(=O)Nc1ccc2c(c1)OCCO2)Cc1nc(-c2ccsc2)no1. The third kappa shape index (κ3) is 4.32. The zero-order valence-electron chi connectivity index (χ0n) is 15.4. The fourth-order valence-electron chi connectivity index (χ4n) is 2.82. The van der Waals surface area contributed by atoms with Crippen LogP contribution >= 0.6 is 11.3 Å². The number of carbonyl (C=O) groups excluding carboxylic acids is 1. The number of aromatic nitrogens is 2. The first-order chi connectivity index (χ1) is 13.7. The Morgan fingerprint density at radius 3 is 2.89 bits per heavy atom. The van der Waals surface area contributed by atoms with E-state index in [1.54, 1.807) is 29.5 Å². The second kappa shape index (κ2) is 8.41. The van der Waals surface area contributed by atoms with E-state index in [1.165, 1.54) is 0 Å². The number of anilines is 1. The molecule has 4 rings (SSSR count). The molecule has 2 aromatic heterocycles. The largest absolute Gasteiger partial charge is 0.486 e. The van der Waals surface area contributed by atoms with E-state index in [-0.39, 0.29) is 12.5 Å². The predicted octanol–water partition coefficient (Wildman–Crippen LogP) is 3.03. The van der Waals surface area contributed by atoms with Gasteiger partial charge in [0.1, 0.15) is 13.2 Å². The van der Waals surface area contributed by atoms with Crippen molar-refractivity contribution >= 4 is 22.9 Å². The highest BCUT2D eigenvalue weighted by atomic mass is 32.1. The first-order valence-corrected chi connectivity index (χ1v) is 9.92. The maximum absolute atomic E-state index is 12.4. The third-order valence-corrected chi connectivity index (χ3v) is 4.93. The van der Waals surface area contributed by atoms with Gasteiger partial charge in [-0.25, -0.2) is 0 Å². The van der Waals surface area contributed by atoms with Gasteiger partial charge in [-0.15, -0.1) is 0 Å². The summed E-state index contributed by atoms with van der Waals surface area (Å²) in [5, 5.41) is 10.8. The van der Waals surface area contributed by atoms with Crippen molar-refractivity contribution in [3.8, 4) is 22.9 Å². The van der Waals surface area contributed by atoms with Gasteiger partial charge in [-0.05, 0) is 30.1 Å². The van der Waals surface area contributed by atoms with E-state index in [2.05, 4.69) is 15.5 Å². The van der Waals surface area contributed by atoms with Crippen LogP contribution in [0.15, 0.2) is 39.5 Å². The van der Waals surface area contributed by atoms with Gasteiger partial charge in [0.05, 0.1) is 13.1 Å². The molecule has 0 unspecified atom stereocenters. The van der Waals surface area contributed by atoms with Gasteiger partial charge < -0.3 is 19.3 Å². The molecule has 9 heteroatoms. The lowest BCUT2D eigenvalue weighted by Crippen LogP contribution is -2.32. The number of ether oxygens (including phenoxy) is 2. The number of likely N-dealkylation sites (N-methyl/N-ethyl adjacent to an activating group) is 1. The standard InChI is InChI=1S/C19H20N4O4S/c1-2-23(11-18-21-19(22-27-18)13-5-8-28-12-13)10-17(24)20-14-3-4-15-16(9-14)26-7-6-25-15/h3-5,8-9,12H,2,6-7,10-11H2,1H3,(H,20,24). The van der Waals surface area contributed by atoms with Crippen LogP contribution in [0.3, 0.4) is 0 Å². The van der Waals surface area contributed by atoms with Crippen LogP contribution in [-0.2, 0) is 11.3 Å². The van der Waals surface area contributed by atoms with Crippen molar-refractivity contribution in [3.63, 3.8) is 0 Å². The maximum Gasteiger partial charge on any atom is 0.241 e. The van der Waals surface area contributed by atoms with E-state index in [9.17, 15) is 4.79 Å². The number of thiophene rings is 1. The molecule has 0 saturated heterocycles. The Hall–Kier alpha value is -2.91. The monoisotopic (exact) mass is 400 g/mol.